The van der Waals surface area contributed by atoms with Gasteiger partial charge < -0.3 is 18.9 Å². The van der Waals surface area contributed by atoms with Crippen LogP contribution in [0.2, 0.25) is 0 Å². The number of ether oxygens (including phenoxy) is 2. The number of carbonyl (C=O) groups excluding carboxylic acids is 1. The number of hydrogen-bond donors (Lipinski definition) is 1. The maximum Gasteiger partial charge on any atom is 0.410 e. The lowest BCUT2D eigenvalue weighted by Gasteiger charge is -2.38. The third-order valence-electron chi connectivity index (χ3n) is 5.91. The fourth-order valence-corrected chi connectivity index (χ4v) is 5.09. The molecule has 7 heteroatoms. The van der Waals surface area contributed by atoms with Crippen LogP contribution in [0.15, 0.2) is 36.4 Å². The molecule has 1 aliphatic rings. The van der Waals surface area contributed by atoms with E-state index in [9.17, 15) is 9.35 Å². The summed E-state index contributed by atoms with van der Waals surface area (Å²) in [5, 5.41) is 2.21. The maximum atomic E-state index is 13.2. The Labute approximate surface area is 201 Å². The summed E-state index contributed by atoms with van der Waals surface area (Å²) in [6.07, 6.45) is 1.29. The summed E-state index contributed by atoms with van der Waals surface area (Å²) < 4.78 is 27.6. The van der Waals surface area contributed by atoms with Crippen molar-refractivity contribution in [1.82, 2.24) is 9.62 Å². The Morgan fingerprint density at radius 1 is 1.09 bits per heavy atom. The quantitative estimate of drug-likeness (QED) is 0.572. The molecule has 0 radical (unpaired) electrons. The molecule has 2 aromatic rings. The van der Waals surface area contributed by atoms with Crippen LogP contribution >= 0.6 is 0 Å². The molecule has 0 bridgehead atoms. The van der Waals surface area contributed by atoms with Crippen LogP contribution < -0.4 is 9.46 Å². The Kier molecular flexibility index (Phi) is 7.87. The van der Waals surface area contributed by atoms with Gasteiger partial charge in [-0.3, -0.25) is 0 Å². The van der Waals surface area contributed by atoms with Gasteiger partial charge in [0.1, 0.15) is 16.1 Å². The zero-order chi connectivity index (χ0) is 24.4. The van der Waals surface area contributed by atoms with E-state index in [1.807, 2.05) is 59.7 Å². The average molecular weight is 475 g/mol. The van der Waals surface area contributed by atoms with Crippen molar-refractivity contribution < 1.29 is 18.8 Å². The number of benzene rings is 2. The van der Waals surface area contributed by atoms with Crippen LogP contribution in [0.5, 0.6) is 5.75 Å². The van der Waals surface area contributed by atoms with Crippen molar-refractivity contribution in [2.45, 2.75) is 70.8 Å². The molecular formula is C26H38N2O4S. The lowest BCUT2D eigenvalue weighted by Crippen LogP contribution is -2.47. The molecule has 1 unspecified atom stereocenters. The highest BCUT2D eigenvalue weighted by atomic mass is 32.2. The molecular weight excluding hydrogens is 436 g/mol. The van der Waals surface area contributed by atoms with E-state index in [-0.39, 0.29) is 18.1 Å². The van der Waals surface area contributed by atoms with Crippen LogP contribution in [0.1, 0.15) is 66.0 Å². The Morgan fingerprint density at radius 2 is 1.73 bits per heavy atom. The number of piperidine rings is 1. The molecule has 0 aromatic heterocycles. The highest BCUT2D eigenvalue weighted by Gasteiger charge is 2.38. The van der Waals surface area contributed by atoms with Crippen LogP contribution in [0.4, 0.5) is 4.79 Å². The van der Waals surface area contributed by atoms with E-state index < -0.39 is 21.7 Å². The van der Waals surface area contributed by atoms with Crippen molar-refractivity contribution in [3.8, 4) is 5.75 Å². The van der Waals surface area contributed by atoms with E-state index in [0.717, 1.165) is 34.9 Å². The molecule has 3 rings (SSSR count). The molecule has 0 saturated carbocycles. The van der Waals surface area contributed by atoms with Gasteiger partial charge in [0.2, 0.25) is 0 Å². The van der Waals surface area contributed by atoms with E-state index in [0.29, 0.717) is 13.1 Å². The first-order chi connectivity index (χ1) is 15.4. The first-order valence-electron chi connectivity index (χ1n) is 11.6. The van der Waals surface area contributed by atoms with Crippen molar-refractivity contribution in [2.75, 3.05) is 20.2 Å². The molecule has 6 nitrogen and oxygen atoms in total. The van der Waals surface area contributed by atoms with E-state index in [2.05, 4.69) is 22.9 Å². The lowest BCUT2D eigenvalue weighted by atomic mass is 9.83. The van der Waals surface area contributed by atoms with E-state index in [1.165, 1.54) is 0 Å². The van der Waals surface area contributed by atoms with Crippen LogP contribution in [0.25, 0.3) is 10.8 Å². The predicted molar refractivity (Wildman–Crippen MR) is 135 cm³/mol. The second kappa shape index (κ2) is 10.1. The van der Waals surface area contributed by atoms with Crippen LogP contribution in [0, 0.1) is 5.92 Å². The van der Waals surface area contributed by atoms with E-state index >= 15 is 0 Å². The van der Waals surface area contributed by atoms with Gasteiger partial charge in [0, 0.05) is 30.0 Å². The molecule has 1 amide bonds. The predicted octanol–water partition coefficient (Wildman–Crippen LogP) is 5.59. The van der Waals surface area contributed by atoms with E-state index in [1.54, 1.807) is 12.0 Å². The second-order valence-corrected chi connectivity index (χ2v) is 12.7. The van der Waals surface area contributed by atoms with Crippen LogP contribution in [-0.4, -0.2) is 46.1 Å². The number of nitrogens with zero attached hydrogens (tertiary/aromatic N) is 1. The van der Waals surface area contributed by atoms with Gasteiger partial charge in [-0.2, -0.15) is 0 Å². The van der Waals surface area contributed by atoms with Crippen molar-refractivity contribution >= 4 is 28.2 Å². The SMILES string of the molecule is COc1ccc2ccccc2c1[C@H](N[S+]([O-])C(C)(C)C)C1CCN(C(=O)OC(C)(C)C)CC1. The van der Waals surface area contributed by atoms with Crippen molar-refractivity contribution in [3.05, 3.63) is 42.0 Å². The van der Waals surface area contributed by atoms with Crippen molar-refractivity contribution in [3.63, 3.8) is 0 Å². The number of carbonyl (C=O) groups is 1. The Morgan fingerprint density at radius 3 is 2.30 bits per heavy atom. The maximum absolute atomic E-state index is 13.2. The van der Waals surface area contributed by atoms with Gasteiger partial charge in [-0.25, -0.2) is 4.79 Å². The van der Waals surface area contributed by atoms with Gasteiger partial charge in [-0.05, 0) is 77.1 Å². The first kappa shape index (κ1) is 25.7. The van der Waals surface area contributed by atoms with Crippen LogP contribution in [0.3, 0.4) is 0 Å². The molecule has 1 aliphatic heterocycles. The van der Waals surface area contributed by atoms with Gasteiger partial charge >= 0.3 is 6.09 Å². The summed E-state index contributed by atoms with van der Waals surface area (Å²) in [5.41, 5.74) is 0.515. The number of nitrogens with one attached hydrogen (secondary N) is 1. The number of methoxy groups -OCH3 is 1. The summed E-state index contributed by atoms with van der Waals surface area (Å²) in [5.74, 6) is 0.973. The molecule has 1 N–H and O–H groups in total. The minimum atomic E-state index is -1.26. The number of amides is 1. The topological polar surface area (TPSA) is 73.9 Å². The smallest absolute Gasteiger partial charge is 0.410 e. The second-order valence-electron chi connectivity index (χ2n) is 10.7. The summed E-state index contributed by atoms with van der Waals surface area (Å²) in [6, 6.07) is 12.1. The van der Waals surface area contributed by atoms with Gasteiger partial charge in [0.15, 0.2) is 0 Å². The number of hydrogen-bond acceptors (Lipinski definition) is 5. The molecule has 1 heterocycles. The number of rotatable bonds is 5. The normalized spacial score (nSPS) is 17.6. The zero-order valence-electron chi connectivity index (χ0n) is 20.9. The van der Waals surface area contributed by atoms with Crippen molar-refractivity contribution in [1.29, 1.82) is 0 Å². The third kappa shape index (κ3) is 6.34. The number of likely N-dealkylation sites (tertiary alicyclic amines) is 1. The summed E-state index contributed by atoms with van der Waals surface area (Å²) in [7, 11) is 1.68. The summed E-state index contributed by atoms with van der Waals surface area (Å²) >= 11 is -1.26. The fourth-order valence-electron chi connectivity index (χ4n) is 4.20. The van der Waals surface area contributed by atoms with Gasteiger partial charge in [0.05, 0.1) is 13.2 Å². The summed E-state index contributed by atoms with van der Waals surface area (Å²) in [4.78, 5) is 14.3. The third-order valence-corrected chi connectivity index (χ3v) is 7.49. The standard InChI is InChI=1S/C26H38N2O4S/c1-25(2,3)32-24(29)28-16-14-19(15-17-28)23(27-33(30)26(4,5)6)22-20-11-9-8-10-18(20)12-13-21(22)31-7/h8-13,19,23,27H,14-17H2,1-7H3/t23-,33?/m1/s1. The Bertz CT molecular complexity index is 959. The molecule has 2 atom stereocenters. The Balaban J connectivity index is 1.93. The largest absolute Gasteiger partial charge is 0.598 e. The van der Waals surface area contributed by atoms with Crippen molar-refractivity contribution in [2.24, 2.45) is 5.92 Å². The first-order valence-corrected chi connectivity index (χ1v) is 12.8. The fraction of sp³-hybridized carbons (Fsp3) is 0.577. The van der Waals surface area contributed by atoms with Gasteiger partial charge in [-0.1, -0.05) is 30.3 Å². The van der Waals surface area contributed by atoms with E-state index in [4.69, 9.17) is 9.47 Å². The minimum absolute atomic E-state index is 0.174. The molecule has 182 valence electrons. The minimum Gasteiger partial charge on any atom is -0.598 e. The summed E-state index contributed by atoms with van der Waals surface area (Å²) in [6.45, 7) is 12.8. The molecule has 2 aromatic carbocycles. The molecule has 0 spiro atoms. The monoisotopic (exact) mass is 474 g/mol. The molecule has 1 fully saturated rings. The van der Waals surface area contributed by atoms with Gasteiger partial charge in [0.25, 0.3) is 0 Å². The Hall–Kier alpha value is -1.96. The average Bonchev–Trinajstić information content (AvgIpc) is 2.75. The highest BCUT2D eigenvalue weighted by molar-refractivity contribution is 7.90. The number of fused-ring (bicyclic) bond motifs is 1. The highest BCUT2D eigenvalue weighted by Crippen LogP contribution is 2.41. The lowest BCUT2D eigenvalue weighted by molar-refractivity contribution is 0.0171. The molecule has 33 heavy (non-hydrogen) atoms. The van der Waals surface area contributed by atoms with Gasteiger partial charge in [-0.15, -0.1) is 4.72 Å². The molecule has 0 aliphatic carbocycles. The van der Waals surface area contributed by atoms with Crippen LogP contribution in [-0.2, 0) is 16.1 Å². The molecule has 1 saturated heterocycles. The zero-order valence-corrected chi connectivity index (χ0v) is 21.8.